The maximum atomic E-state index is 6.18. The van der Waals surface area contributed by atoms with Gasteiger partial charge in [-0.15, -0.1) is 0 Å². The minimum Gasteiger partial charge on any atom is -0.438 e. The van der Waals surface area contributed by atoms with Crippen LogP contribution in [-0.2, 0) is 0 Å². The summed E-state index contributed by atoms with van der Waals surface area (Å²) in [7, 11) is 0. The number of fused-ring (bicyclic) bond motifs is 1. The molecular weight excluding hydrogens is 274 g/mol. The first-order valence-corrected chi connectivity index (χ1v) is 6.47. The fraction of sp³-hybridized carbons (Fsp3) is 0.0667. The number of ether oxygens (including phenoxy) is 1. The van der Waals surface area contributed by atoms with E-state index in [2.05, 4.69) is 9.97 Å². The molecule has 0 saturated heterocycles. The Balaban J connectivity index is 2.09. The lowest BCUT2D eigenvalue weighted by Crippen LogP contribution is -1.98. The summed E-state index contributed by atoms with van der Waals surface area (Å²) >= 11 is 6.18. The summed E-state index contributed by atoms with van der Waals surface area (Å²) in [5.74, 6) is 1.29. The molecule has 0 aliphatic rings. The molecule has 0 spiro atoms. The van der Waals surface area contributed by atoms with Crippen LogP contribution < -0.4 is 10.5 Å². The van der Waals surface area contributed by atoms with Crippen LogP contribution in [0.3, 0.4) is 0 Å². The summed E-state index contributed by atoms with van der Waals surface area (Å²) in [6.07, 6.45) is 0. The molecule has 0 radical (unpaired) electrons. The number of aryl methyl sites for hydroxylation is 1. The molecule has 5 heteroatoms. The standard InChI is InChI=1S/C15H12ClN3O/c1-9-8-14(19-15(17)18-9)20-13-7-6-12(16)10-4-2-3-5-11(10)13/h2-8H,1H3,(H2,17,18,19). The highest BCUT2D eigenvalue weighted by Crippen LogP contribution is 2.33. The van der Waals surface area contributed by atoms with Gasteiger partial charge in [0.25, 0.3) is 0 Å². The maximum absolute atomic E-state index is 6.18. The van der Waals surface area contributed by atoms with E-state index in [1.54, 1.807) is 12.1 Å². The summed E-state index contributed by atoms with van der Waals surface area (Å²) in [5, 5.41) is 2.55. The molecule has 0 aliphatic carbocycles. The third kappa shape index (κ3) is 2.38. The van der Waals surface area contributed by atoms with Gasteiger partial charge in [-0.05, 0) is 19.1 Å². The van der Waals surface area contributed by atoms with Gasteiger partial charge in [-0.1, -0.05) is 35.9 Å². The molecule has 0 bridgehead atoms. The molecule has 1 heterocycles. The zero-order chi connectivity index (χ0) is 14.1. The third-order valence-corrected chi connectivity index (χ3v) is 3.22. The number of hydrogen-bond donors (Lipinski definition) is 1. The van der Waals surface area contributed by atoms with E-state index >= 15 is 0 Å². The number of nitrogens with zero attached hydrogens (tertiary/aromatic N) is 2. The van der Waals surface area contributed by atoms with Gasteiger partial charge in [0.15, 0.2) is 0 Å². The van der Waals surface area contributed by atoms with Crippen molar-refractivity contribution >= 4 is 28.3 Å². The van der Waals surface area contributed by atoms with Gasteiger partial charge in [0, 0.05) is 27.6 Å². The normalized spacial score (nSPS) is 10.7. The van der Waals surface area contributed by atoms with E-state index in [4.69, 9.17) is 22.1 Å². The Morgan fingerprint density at radius 2 is 1.80 bits per heavy atom. The van der Waals surface area contributed by atoms with Gasteiger partial charge >= 0.3 is 0 Å². The number of hydrogen-bond acceptors (Lipinski definition) is 4. The molecule has 0 atom stereocenters. The second kappa shape index (κ2) is 4.98. The van der Waals surface area contributed by atoms with Crippen molar-refractivity contribution in [3.63, 3.8) is 0 Å². The number of anilines is 1. The second-order valence-corrected chi connectivity index (χ2v) is 4.81. The predicted octanol–water partition coefficient (Wildman–Crippen LogP) is 3.97. The van der Waals surface area contributed by atoms with Crippen LogP contribution in [0.2, 0.25) is 5.02 Å². The first-order chi connectivity index (χ1) is 9.63. The fourth-order valence-corrected chi connectivity index (χ4v) is 2.28. The highest BCUT2D eigenvalue weighted by molar-refractivity contribution is 6.35. The Hall–Kier alpha value is -2.33. The van der Waals surface area contributed by atoms with Crippen molar-refractivity contribution in [3.8, 4) is 11.6 Å². The molecule has 0 amide bonds. The average molecular weight is 286 g/mol. The SMILES string of the molecule is Cc1cc(Oc2ccc(Cl)c3ccccc23)nc(N)n1. The molecule has 0 saturated carbocycles. The van der Waals surface area contributed by atoms with Crippen molar-refractivity contribution in [1.29, 1.82) is 0 Å². The molecule has 4 nitrogen and oxygen atoms in total. The smallest absolute Gasteiger partial charge is 0.224 e. The van der Waals surface area contributed by atoms with Crippen LogP contribution in [0.15, 0.2) is 42.5 Å². The summed E-state index contributed by atoms with van der Waals surface area (Å²) in [5.41, 5.74) is 6.38. The summed E-state index contributed by atoms with van der Waals surface area (Å²) in [6.45, 7) is 1.84. The Morgan fingerprint density at radius 1 is 1.05 bits per heavy atom. The Labute approximate surface area is 121 Å². The van der Waals surface area contributed by atoms with Gasteiger partial charge in [0.2, 0.25) is 11.8 Å². The van der Waals surface area contributed by atoms with Gasteiger partial charge in [0.05, 0.1) is 0 Å². The van der Waals surface area contributed by atoms with Crippen molar-refractivity contribution in [1.82, 2.24) is 9.97 Å². The molecule has 1 aromatic heterocycles. The molecule has 3 rings (SSSR count). The number of benzene rings is 2. The molecular formula is C15H12ClN3O. The lowest BCUT2D eigenvalue weighted by molar-refractivity contribution is 0.467. The summed E-state index contributed by atoms with van der Waals surface area (Å²) in [4.78, 5) is 8.09. The highest BCUT2D eigenvalue weighted by atomic mass is 35.5. The second-order valence-electron chi connectivity index (χ2n) is 4.40. The third-order valence-electron chi connectivity index (χ3n) is 2.89. The number of nitrogens with two attached hydrogens (primary N) is 1. The molecule has 0 fully saturated rings. The summed E-state index contributed by atoms with van der Waals surface area (Å²) < 4.78 is 5.82. The monoisotopic (exact) mass is 285 g/mol. The first kappa shape index (κ1) is 12.7. The molecule has 2 N–H and O–H groups in total. The lowest BCUT2D eigenvalue weighted by atomic mass is 10.1. The van der Waals surface area contributed by atoms with E-state index in [1.807, 2.05) is 37.3 Å². The Morgan fingerprint density at radius 3 is 2.55 bits per heavy atom. The molecule has 3 aromatic rings. The molecule has 2 aromatic carbocycles. The topological polar surface area (TPSA) is 61.0 Å². The van der Waals surface area contributed by atoms with E-state index in [1.165, 1.54) is 0 Å². The number of nitrogen functional groups attached to an aromatic ring is 1. The van der Waals surface area contributed by atoms with Gasteiger partial charge in [-0.25, -0.2) is 4.98 Å². The van der Waals surface area contributed by atoms with Gasteiger partial charge in [0.1, 0.15) is 5.75 Å². The van der Waals surface area contributed by atoms with E-state index in [0.29, 0.717) is 16.7 Å². The highest BCUT2D eigenvalue weighted by Gasteiger charge is 2.08. The van der Waals surface area contributed by atoms with E-state index in [9.17, 15) is 0 Å². The van der Waals surface area contributed by atoms with Crippen molar-refractivity contribution in [2.45, 2.75) is 6.92 Å². The number of rotatable bonds is 2. The van der Waals surface area contributed by atoms with Crippen molar-refractivity contribution in [2.24, 2.45) is 0 Å². The van der Waals surface area contributed by atoms with Crippen molar-refractivity contribution in [2.75, 3.05) is 5.73 Å². The van der Waals surface area contributed by atoms with Crippen LogP contribution in [0.5, 0.6) is 11.6 Å². The Bertz CT molecular complexity index is 769. The fourth-order valence-electron chi connectivity index (χ4n) is 2.05. The van der Waals surface area contributed by atoms with Crippen LogP contribution >= 0.6 is 11.6 Å². The van der Waals surface area contributed by atoms with E-state index in [0.717, 1.165) is 16.5 Å². The number of aromatic nitrogens is 2. The van der Waals surface area contributed by atoms with Gasteiger partial charge < -0.3 is 10.5 Å². The summed E-state index contributed by atoms with van der Waals surface area (Å²) in [6, 6.07) is 13.1. The molecule has 100 valence electrons. The Kier molecular flexibility index (Phi) is 3.16. The van der Waals surface area contributed by atoms with E-state index in [-0.39, 0.29) is 5.95 Å². The largest absolute Gasteiger partial charge is 0.438 e. The first-order valence-electron chi connectivity index (χ1n) is 6.10. The maximum Gasteiger partial charge on any atom is 0.224 e. The minimum atomic E-state index is 0.193. The van der Waals surface area contributed by atoms with Crippen LogP contribution in [0.4, 0.5) is 5.95 Å². The van der Waals surface area contributed by atoms with Crippen molar-refractivity contribution in [3.05, 3.63) is 53.2 Å². The molecule has 20 heavy (non-hydrogen) atoms. The van der Waals surface area contributed by atoms with E-state index < -0.39 is 0 Å². The minimum absolute atomic E-state index is 0.193. The lowest BCUT2D eigenvalue weighted by Gasteiger charge is -2.10. The quantitative estimate of drug-likeness (QED) is 0.774. The number of halogens is 1. The molecule has 0 aliphatic heterocycles. The van der Waals surface area contributed by atoms with Gasteiger partial charge in [-0.2, -0.15) is 4.98 Å². The molecule has 0 unspecified atom stereocenters. The van der Waals surface area contributed by atoms with Crippen LogP contribution in [0, 0.1) is 6.92 Å². The van der Waals surface area contributed by atoms with Gasteiger partial charge in [-0.3, -0.25) is 0 Å². The van der Waals surface area contributed by atoms with Crippen molar-refractivity contribution < 1.29 is 4.74 Å². The zero-order valence-corrected chi connectivity index (χ0v) is 11.6. The average Bonchev–Trinajstić information content (AvgIpc) is 2.41. The van der Waals surface area contributed by atoms with Crippen LogP contribution in [0.1, 0.15) is 5.69 Å². The zero-order valence-electron chi connectivity index (χ0n) is 10.8. The predicted molar refractivity (Wildman–Crippen MR) is 80.2 cm³/mol. The van der Waals surface area contributed by atoms with Crippen LogP contribution in [0.25, 0.3) is 10.8 Å². The van der Waals surface area contributed by atoms with Crippen LogP contribution in [-0.4, -0.2) is 9.97 Å².